The van der Waals surface area contributed by atoms with Gasteiger partial charge in [0.1, 0.15) is 0 Å². The zero-order valence-corrected chi connectivity index (χ0v) is 10.7. The van der Waals surface area contributed by atoms with E-state index in [0.717, 1.165) is 5.56 Å². The lowest BCUT2D eigenvalue weighted by atomic mass is 10.1. The van der Waals surface area contributed by atoms with Gasteiger partial charge in [0.2, 0.25) is 0 Å². The molecule has 0 aromatic heterocycles. The van der Waals surface area contributed by atoms with E-state index < -0.39 is 0 Å². The first-order chi connectivity index (χ1) is 8.58. The molecule has 4 heteroatoms. The third kappa shape index (κ3) is 2.63. The second-order valence-electron chi connectivity index (χ2n) is 4.00. The fourth-order valence-electron chi connectivity index (χ4n) is 1.76. The molecule has 0 aliphatic rings. The number of nitrogens with one attached hydrogen (secondary N) is 1. The van der Waals surface area contributed by atoms with Crippen molar-refractivity contribution in [1.29, 1.82) is 0 Å². The Morgan fingerprint density at radius 1 is 1.22 bits per heavy atom. The molecular formula is C14H13ClN2O. The SMILES string of the molecule is Cc1cccc(N)c1C(=O)Nc1cccc(Cl)c1. The van der Waals surface area contributed by atoms with Gasteiger partial charge in [0.25, 0.3) is 5.91 Å². The van der Waals surface area contributed by atoms with Crippen LogP contribution >= 0.6 is 11.6 Å². The van der Waals surface area contributed by atoms with Gasteiger partial charge < -0.3 is 11.1 Å². The standard InChI is InChI=1S/C14H13ClN2O/c1-9-4-2-7-12(16)13(9)14(18)17-11-6-3-5-10(15)8-11/h2-8H,16H2,1H3,(H,17,18). The van der Waals surface area contributed by atoms with E-state index in [1.54, 1.807) is 30.3 Å². The third-order valence-electron chi connectivity index (χ3n) is 2.61. The van der Waals surface area contributed by atoms with Crippen LogP contribution in [0, 0.1) is 6.92 Å². The van der Waals surface area contributed by atoms with Crippen molar-refractivity contribution < 1.29 is 4.79 Å². The van der Waals surface area contributed by atoms with Crippen LogP contribution in [0.2, 0.25) is 5.02 Å². The highest BCUT2D eigenvalue weighted by Crippen LogP contribution is 2.20. The van der Waals surface area contributed by atoms with Crippen molar-refractivity contribution in [1.82, 2.24) is 0 Å². The number of carbonyl (C=O) groups is 1. The minimum atomic E-state index is -0.229. The van der Waals surface area contributed by atoms with Gasteiger partial charge in [-0.2, -0.15) is 0 Å². The number of benzene rings is 2. The van der Waals surface area contributed by atoms with Gasteiger partial charge in [0, 0.05) is 16.4 Å². The second-order valence-corrected chi connectivity index (χ2v) is 4.44. The maximum Gasteiger partial charge on any atom is 0.258 e. The van der Waals surface area contributed by atoms with Crippen LogP contribution in [0.1, 0.15) is 15.9 Å². The molecule has 2 rings (SSSR count). The van der Waals surface area contributed by atoms with Gasteiger partial charge in [0.15, 0.2) is 0 Å². The molecule has 0 unspecified atom stereocenters. The monoisotopic (exact) mass is 260 g/mol. The van der Waals surface area contributed by atoms with E-state index in [9.17, 15) is 4.79 Å². The molecule has 3 nitrogen and oxygen atoms in total. The van der Waals surface area contributed by atoms with E-state index in [1.165, 1.54) is 0 Å². The largest absolute Gasteiger partial charge is 0.398 e. The molecule has 0 aliphatic heterocycles. The molecule has 0 atom stereocenters. The predicted octanol–water partition coefficient (Wildman–Crippen LogP) is 3.48. The van der Waals surface area contributed by atoms with E-state index in [4.69, 9.17) is 17.3 Å². The van der Waals surface area contributed by atoms with Gasteiger partial charge in [-0.05, 0) is 36.8 Å². The van der Waals surface area contributed by atoms with Crippen LogP contribution in [0.25, 0.3) is 0 Å². The van der Waals surface area contributed by atoms with E-state index >= 15 is 0 Å². The molecule has 0 bridgehead atoms. The Hall–Kier alpha value is -2.00. The fraction of sp³-hybridized carbons (Fsp3) is 0.0714. The molecule has 1 amide bonds. The van der Waals surface area contributed by atoms with E-state index in [-0.39, 0.29) is 5.91 Å². The van der Waals surface area contributed by atoms with Crippen LogP contribution in [0.3, 0.4) is 0 Å². The van der Waals surface area contributed by atoms with E-state index in [0.29, 0.717) is 22.0 Å². The quantitative estimate of drug-likeness (QED) is 0.812. The summed E-state index contributed by atoms with van der Waals surface area (Å²) in [5.41, 5.74) is 8.27. The lowest BCUT2D eigenvalue weighted by molar-refractivity contribution is 0.102. The smallest absolute Gasteiger partial charge is 0.258 e. The van der Waals surface area contributed by atoms with Gasteiger partial charge in [-0.1, -0.05) is 29.8 Å². The Morgan fingerprint density at radius 3 is 2.61 bits per heavy atom. The molecule has 0 fully saturated rings. The van der Waals surface area contributed by atoms with Crippen molar-refractivity contribution in [2.75, 3.05) is 11.1 Å². The van der Waals surface area contributed by atoms with E-state index in [2.05, 4.69) is 5.32 Å². The zero-order chi connectivity index (χ0) is 13.1. The van der Waals surface area contributed by atoms with Crippen molar-refractivity contribution in [2.45, 2.75) is 6.92 Å². The van der Waals surface area contributed by atoms with Crippen LogP contribution in [0.5, 0.6) is 0 Å². The third-order valence-corrected chi connectivity index (χ3v) is 2.85. The molecule has 0 heterocycles. The maximum atomic E-state index is 12.1. The molecule has 0 saturated heterocycles. The molecule has 0 radical (unpaired) electrons. The Bertz CT molecular complexity index is 576. The van der Waals surface area contributed by atoms with Crippen molar-refractivity contribution in [3.8, 4) is 0 Å². The normalized spacial score (nSPS) is 10.1. The molecule has 18 heavy (non-hydrogen) atoms. The highest BCUT2D eigenvalue weighted by Gasteiger charge is 2.12. The van der Waals surface area contributed by atoms with Crippen LogP contribution in [-0.4, -0.2) is 5.91 Å². The lowest BCUT2D eigenvalue weighted by Gasteiger charge is -2.10. The van der Waals surface area contributed by atoms with Gasteiger partial charge in [-0.15, -0.1) is 0 Å². The number of halogens is 1. The van der Waals surface area contributed by atoms with Gasteiger partial charge in [0.05, 0.1) is 5.56 Å². The highest BCUT2D eigenvalue weighted by molar-refractivity contribution is 6.31. The average Bonchev–Trinajstić information content (AvgIpc) is 2.28. The van der Waals surface area contributed by atoms with Crippen LogP contribution in [0.4, 0.5) is 11.4 Å². The van der Waals surface area contributed by atoms with Gasteiger partial charge in [-0.25, -0.2) is 0 Å². The van der Waals surface area contributed by atoms with Gasteiger partial charge >= 0.3 is 0 Å². The Balaban J connectivity index is 2.28. The summed E-state index contributed by atoms with van der Waals surface area (Å²) >= 11 is 5.86. The summed E-state index contributed by atoms with van der Waals surface area (Å²) in [6, 6.07) is 12.4. The Kier molecular flexibility index (Phi) is 3.53. The Morgan fingerprint density at radius 2 is 1.94 bits per heavy atom. The minimum Gasteiger partial charge on any atom is -0.398 e. The van der Waals surface area contributed by atoms with Crippen molar-refractivity contribution >= 4 is 28.9 Å². The summed E-state index contributed by atoms with van der Waals surface area (Å²) in [5.74, 6) is -0.229. The maximum absolute atomic E-state index is 12.1. The molecule has 92 valence electrons. The van der Waals surface area contributed by atoms with Crippen molar-refractivity contribution in [3.63, 3.8) is 0 Å². The zero-order valence-electron chi connectivity index (χ0n) is 9.91. The molecule has 2 aromatic rings. The number of nitrogen functional groups attached to an aromatic ring is 1. The van der Waals surface area contributed by atoms with Crippen molar-refractivity contribution in [2.24, 2.45) is 0 Å². The number of rotatable bonds is 2. The Labute approximate surface area is 111 Å². The highest BCUT2D eigenvalue weighted by atomic mass is 35.5. The molecule has 0 saturated carbocycles. The molecule has 0 aliphatic carbocycles. The van der Waals surface area contributed by atoms with E-state index in [1.807, 2.05) is 19.1 Å². The summed E-state index contributed by atoms with van der Waals surface area (Å²) in [6.07, 6.45) is 0. The summed E-state index contributed by atoms with van der Waals surface area (Å²) in [6.45, 7) is 1.85. The predicted molar refractivity (Wildman–Crippen MR) is 75.0 cm³/mol. The molecule has 0 spiro atoms. The summed E-state index contributed by atoms with van der Waals surface area (Å²) in [4.78, 5) is 12.1. The number of amides is 1. The fourth-order valence-corrected chi connectivity index (χ4v) is 1.95. The topological polar surface area (TPSA) is 55.1 Å². The first kappa shape index (κ1) is 12.5. The minimum absolute atomic E-state index is 0.229. The van der Waals surface area contributed by atoms with Crippen molar-refractivity contribution in [3.05, 3.63) is 58.6 Å². The number of hydrogen-bond donors (Lipinski definition) is 2. The average molecular weight is 261 g/mol. The van der Waals surface area contributed by atoms with Crippen LogP contribution in [0.15, 0.2) is 42.5 Å². The number of hydrogen-bond acceptors (Lipinski definition) is 2. The first-order valence-electron chi connectivity index (χ1n) is 5.50. The number of nitrogens with two attached hydrogens (primary N) is 1. The summed E-state index contributed by atoms with van der Waals surface area (Å²) in [7, 11) is 0. The van der Waals surface area contributed by atoms with Crippen LogP contribution in [-0.2, 0) is 0 Å². The molecular weight excluding hydrogens is 248 g/mol. The summed E-state index contributed by atoms with van der Waals surface area (Å²) < 4.78 is 0. The molecule has 3 N–H and O–H groups in total. The van der Waals surface area contributed by atoms with Gasteiger partial charge in [-0.3, -0.25) is 4.79 Å². The lowest BCUT2D eigenvalue weighted by Crippen LogP contribution is -2.15. The molecule has 2 aromatic carbocycles. The summed E-state index contributed by atoms with van der Waals surface area (Å²) in [5, 5.41) is 3.35. The first-order valence-corrected chi connectivity index (χ1v) is 5.88. The number of aryl methyl sites for hydroxylation is 1. The second kappa shape index (κ2) is 5.10. The number of anilines is 2. The number of carbonyl (C=O) groups excluding carboxylic acids is 1. The van der Waals surface area contributed by atoms with Crippen LogP contribution < -0.4 is 11.1 Å².